The molecule has 18 heavy (non-hydrogen) atoms. The second-order valence-electron chi connectivity index (χ2n) is 4.40. The summed E-state index contributed by atoms with van der Waals surface area (Å²) in [6, 6.07) is 10.2. The first-order chi connectivity index (χ1) is 8.72. The zero-order chi connectivity index (χ0) is 13.2. The van der Waals surface area contributed by atoms with Crippen LogP contribution in [-0.4, -0.2) is 56.6 Å². The second kappa shape index (κ2) is 9.05. The highest BCUT2D eigenvalue weighted by Gasteiger charge is 2.08. The number of benzene rings is 1. The van der Waals surface area contributed by atoms with Crippen molar-refractivity contribution in [1.29, 1.82) is 0 Å². The van der Waals surface area contributed by atoms with Gasteiger partial charge in [-0.2, -0.15) is 0 Å². The SMILES string of the molecule is COCCOCC(O)CN(C)Cc1ccccc1. The lowest BCUT2D eigenvalue weighted by atomic mass is 10.2. The second-order valence-corrected chi connectivity index (χ2v) is 4.40. The highest BCUT2D eigenvalue weighted by Crippen LogP contribution is 2.03. The quantitative estimate of drug-likeness (QED) is 0.670. The lowest BCUT2D eigenvalue weighted by molar-refractivity contribution is 0.00161. The number of aliphatic hydroxyl groups excluding tert-OH is 1. The number of likely N-dealkylation sites (N-methyl/N-ethyl adjacent to an activating group) is 1. The topological polar surface area (TPSA) is 41.9 Å². The molecule has 0 bridgehead atoms. The van der Waals surface area contributed by atoms with Gasteiger partial charge < -0.3 is 14.6 Å². The smallest absolute Gasteiger partial charge is 0.0900 e. The van der Waals surface area contributed by atoms with Gasteiger partial charge in [0.2, 0.25) is 0 Å². The predicted octanol–water partition coefficient (Wildman–Crippen LogP) is 1.14. The van der Waals surface area contributed by atoms with Crippen molar-refractivity contribution in [2.24, 2.45) is 0 Å². The van der Waals surface area contributed by atoms with E-state index < -0.39 is 6.10 Å². The molecule has 1 aromatic carbocycles. The molecule has 0 aliphatic carbocycles. The summed E-state index contributed by atoms with van der Waals surface area (Å²) in [5.41, 5.74) is 1.24. The third kappa shape index (κ3) is 6.71. The van der Waals surface area contributed by atoms with Gasteiger partial charge in [0.05, 0.1) is 25.9 Å². The summed E-state index contributed by atoms with van der Waals surface area (Å²) < 4.78 is 10.2. The van der Waals surface area contributed by atoms with Gasteiger partial charge in [0.1, 0.15) is 0 Å². The van der Waals surface area contributed by atoms with Crippen LogP contribution in [0.5, 0.6) is 0 Å². The standard InChI is InChI=1S/C14H23NO3/c1-15(10-13-6-4-3-5-7-13)11-14(16)12-18-9-8-17-2/h3-7,14,16H,8-12H2,1-2H3. The predicted molar refractivity (Wildman–Crippen MR) is 71.5 cm³/mol. The van der Waals surface area contributed by atoms with Crippen LogP contribution in [0.25, 0.3) is 0 Å². The molecule has 0 amide bonds. The molecule has 0 saturated carbocycles. The molecular weight excluding hydrogens is 230 g/mol. The maximum atomic E-state index is 9.79. The number of hydrogen-bond acceptors (Lipinski definition) is 4. The summed E-state index contributed by atoms with van der Waals surface area (Å²) >= 11 is 0. The molecule has 0 radical (unpaired) electrons. The molecule has 1 atom stereocenters. The van der Waals surface area contributed by atoms with E-state index in [0.29, 0.717) is 26.4 Å². The van der Waals surface area contributed by atoms with Crippen LogP contribution in [0.15, 0.2) is 30.3 Å². The van der Waals surface area contributed by atoms with Crippen LogP contribution in [0.3, 0.4) is 0 Å². The van der Waals surface area contributed by atoms with E-state index in [9.17, 15) is 5.11 Å². The average Bonchev–Trinajstić information content (AvgIpc) is 2.35. The fourth-order valence-corrected chi connectivity index (χ4v) is 1.73. The van der Waals surface area contributed by atoms with Gasteiger partial charge >= 0.3 is 0 Å². The Balaban J connectivity index is 2.17. The van der Waals surface area contributed by atoms with Gasteiger partial charge in [0.15, 0.2) is 0 Å². The summed E-state index contributed by atoms with van der Waals surface area (Å²) in [5.74, 6) is 0. The van der Waals surface area contributed by atoms with Crippen LogP contribution >= 0.6 is 0 Å². The number of nitrogens with zero attached hydrogens (tertiary/aromatic N) is 1. The van der Waals surface area contributed by atoms with Crippen molar-refractivity contribution in [3.63, 3.8) is 0 Å². The third-order valence-corrected chi connectivity index (χ3v) is 2.56. The molecule has 0 aliphatic rings. The van der Waals surface area contributed by atoms with E-state index in [1.54, 1.807) is 7.11 Å². The van der Waals surface area contributed by atoms with Crippen molar-refractivity contribution in [3.8, 4) is 0 Å². The van der Waals surface area contributed by atoms with Crippen LogP contribution in [-0.2, 0) is 16.0 Å². The van der Waals surface area contributed by atoms with Crippen LogP contribution in [0, 0.1) is 0 Å². The molecule has 1 unspecified atom stereocenters. The Bertz CT molecular complexity index is 305. The zero-order valence-corrected chi connectivity index (χ0v) is 11.2. The first kappa shape index (κ1) is 15.1. The van der Waals surface area contributed by atoms with Gasteiger partial charge in [-0.25, -0.2) is 0 Å². The molecule has 0 saturated heterocycles. The Kier molecular flexibility index (Phi) is 7.60. The fraction of sp³-hybridized carbons (Fsp3) is 0.571. The normalized spacial score (nSPS) is 12.9. The van der Waals surface area contributed by atoms with E-state index in [-0.39, 0.29) is 0 Å². The van der Waals surface area contributed by atoms with Gasteiger partial charge in [0.25, 0.3) is 0 Å². The summed E-state index contributed by atoms with van der Waals surface area (Å²) in [7, 11) is 3.62. The third-order valence-electron chi connectivity index (χ3n) is 2.56. The van der Waals surface area contributed by atoms with Crippen molar-refractivity contribution in [2.45, 2.75) is 12.6 Å². The van der Waals surface area contributed by atoms with Crippen molar-refractivity contribution in [2.75, 3.05) is 40.5 Å². The minimum absolute atomic E-state index is 0.350. The molecule has 0 aliphatic heterocycles. The van der Waals surface area contributed by atoms with Crippen molar-refractivity contribution in [1.82, 2.24) is 4.90 Å². The first-order valence-electron chi connectivity index (χ1n) is 6.19. The van der Waals surface area contributed by atoms with E-state index in [0.717, 1.165) is 6.54 Å². The molecule has 0 fully saturated rings. The Labute approximate surface area is 109 Å². The molecule has 0 heterocycles. The molecule has 1 N–H and O–H groups in total. The van der Waals surface area contributed by atoms with Gasteiger partial charge in [0, 0.05) is 20.2 Å². The number of aliphatic hydroxyl groups is 1. The molecule has 0 aromatic heterocycles. The van der Waals surface area contributed by atoms with Gasteiger partial charge in [-0.3, -0.25) is 4.90 Å². The molecule has 1 rings (SSSR count). The summed E-state index contributed by atoms with van der Waals surface area (Å²) in [6.07, 6.45) is -0.462. The first-order valence-corrected chi connectivity index (χ1v) is 6.19. The molecule has 102 valence electrons. The van der Waals surface area contributed by atoms with E-state index in [2.05, 4.69) is 17.0 Å². The number of rotatable bonds is 9. The Morgan fingerprint density at radius 2 is 1.94 bits per heavy atom. The lowest BCUT2D eigenvalue weighted by Gasteiger charge is -2.20. The Morgan fingerprint density at radius 1 is 1.22 bits per heavy atom. The van der Waals surface area contributed by atoms with Crippen molar-refractivity contribution >= 4 is 0 Å². The van der Waals surface area contributed by atoms with Crippen molar-refractivity contribution < 1.29 is 14.6 Å². The molecule has 0 spiro atoms. The highest BCUT2D eigenvalue weighted by molar-refractivity contribution is 5.14. The van der Waals surface area contributed by atoms with E-state index in [1.165, 1.54) is 5.56 Å². The zero-order valence-electron chi connectivity index (χ0n) is 11.2. The number of methoxy groups -OCH3 is 1. The molecule has 4 heteroatoms. The fourth-order valence-electron chi connectivity index (χ4n) is 1.73. The lowest BCUT2D eigenvalue weighted by Crippen LogP contribution is -2.32. The van der Waals surface area contributed by atoms with Crippen LogP contribution in [0.2, 0.25) is 0 Å². The molecule has 1 aromatic rings. The Morgan fingerprint density at radius 3 is 2.61 bits per heavy atom. The van der Waals surface area contributed by atoms with Gasteiger partial charge in [-0.05, 0) is 12.6 Å². The minimum atomic E-state index is -0.462. The minimum Gasteiger partial charge on any atom is -0.389 e. The largest absolute Gasteiger partial charge is 0.389 e. The van der Waals surface area contributed by atoms with Gasteiger partial charge in [-0.15, -0.1) is 0 Å². The summed E-state index contributed by atoms with van der Waals surface area (Å²) in [5, 5.41) is 9.79. The van der Waals surface area contributed by atoms with E-state index in [1.807, 2.05) is 25.2 Å². The van der Waals surface area contributed by atoms with Gasteiger partial charge in [-0.1, -0.05) is 30.3 Å². The van der Waals surface area contributed by atoms with Crippen LogP contribution in [0.4, 0.5) is 0 Å². The van der Waals surface area contributed by atoms with E-state index >= 15 is 0 Å². The van der Waals surface area contributed by atoms with Crippen molar-refractivity contribution in [3.05, 3.63) is 35.9 Å². The highest BCUT2D eigenvalue weighted by atomic mass is 16.5. The monoisotopic (exact) mass is 253 g/mol. The summed E-state index contributed by atoms with van der Waals surface area (Å²) in [4.78, 5) is 2.08. The molecular formula is C14H23NO3. The number of hydrogen-bond donors (Lipinski definition) is 1. The number of ether oxygens (including phenoxy) is 2. The average molecular weight is 253 g/mol. The van der Waals surface area contributed by atoms with Crippen LogP contribution in [0.1, 0.15) is 5.56 Å². The molecule has 4 nitrogen and oxygen atoms in total. The van der Waals surface area contributed by atoms with Crippen LogP contribution < -0.4 is 0 Å². The maximum absolute atomic E-state index is 9.79. The van der Waals surface area contributed by atoms with E-state index in [4.69, 9.17) is 9.47 Å². The summed E-state index contributed by atoms with van der Waals surface area (Å²) in [6.45, 7) is 2.86. The maximum Gasteiger partial charge on any atom is 0.0900 e. The Hall–Kier alpha value is -0.940.